The van der Waals surface area contributed by atoms with Crippen LogP contribution < -0.4 is 20.7 Å². The molecule has 0 aliphatic carbocycles. The molecular formula is C43H52N4O9SSi. The summed E-state index contributed by atoms with van der Waals surface area (Å²) in [5.41, 5.74) is 2.99. The number of nitrogens with zero attached hydrogens (tertiary/aromatic N) is 1. The third-order valence-corrected chi connectivity index (χ3v) is 11.8. The van der Waals surface area contributed by atoms with Crippen LogP contribution >= 0.6 is 11.3 Å². The van der Waals surface area contributed by atoms with Gasteiger partial charge in [0.1, 0.15) is 17.0 Å². The minimum Gasteiger partial charge on any atom is -0.493 e. The van der Waals surface area contributed by atoms with Gasteiger partial charge in [0.2, 0.25) is 0 Å². The minimum atomic E-state index is -1.56. The molecule has 2 aromatic carbocycles. The SMILES string of the molecule is CCCNC(=O)c1ccc(-c2cc3c(cc2C(=O)Nc2c(C)cc(CNC(=O)OC(C)(C)C)cc2C(=O)OCC[Si](C)(C)C)-c2sccc2CCO3)c(C(=O)OC)n1. The summed E-state index contributed by atoms with van der Waals surface area (Å²) >= 11 is 1.52. The van der Waals surface area contributed by atoms with E-state index in [1.807, 2.05) is 18.4 Å². The number of alkyl carbamates (subject to hydrolysis) is 1. The molecule has 3 amide bonds. The number of hydrogen-bond acceptors (Lipinski definition) is 11. The Hall–Kier alpha value is -5.54. The summed E-state index contributed by atoms with van der Waals surface area (Å²) in [4.78, 5) is 72.8. The quantitative estimate of drug-likeness (QED) is 0.0675. The fourth-order valence-electron chi connectivity index (χ4n) is 6.20. The van der Waals surface area contributed by atoms with Gasteiger partial charge in [0.05, 0.1) is 31.6 Å². The van der Waals surface area contributed by atoms with E-state index in [9.17, 15) is 24.0 Å². The zero-order chi connectivity index (χ0) is 42.4. The molecular weight excluding hydrogens is 777 g/mol. The van der Waals surface area contributed by atoms with E-state index in [0.29, 0.717) is 54.0 Å². The van der Waals surface area contributed by atoms with E-state index < -0.39 is 43.5 Å². The highest BCUT2D eigenvalue weighted by Gasteiger charge is 2.29. The number of methoxy groups -OCH3 is 1. The van der Waals surface area contributed by atoms with Crippen molar-refractivity contribution >= 4 is 54.9 Å². The summed E-state index contributed by atoms with van der Waals surface area (Å²) in [7, 11) is -0.348. The number of nitrogens with one attached hydrogen (secondary N) is 3. The van der Waals surface area contributed by atoms with Gasteiger partial charge in [-0.2, -0.15) is 0 Å². The fourth-order valence-corrected chi connectivity index (χ4v) is 7.89. The zero-order valence-electron chi connectivity index (χ0n) is 34.6. The van der Waals surface area contributed by atoms with E-state index in [-0.39, 0.29) is 46.9 Å². The standard InChI is InChI=1S/C43H52N4O9SSi/c1-10-15-44-39(49)33-12-11-28(36(46-33)41(51)53-6)29-23-34-31(37-27(13-16-54-34)14-18-57-37)22-30(29)38(48)47-35-25(2)20-26(24-45-42(52)56-43(3,4)5)21-32(35)40(50)55-17-19-58(7,8)9/h11-12,14,18,20-23H,10,13,15-17,19,24H2,1-9H3,(H,44,49)(H,45,52)(H,47,48). The van der Waals surface area contributed by atoms with E-state index in [1.54, 1.807) is 58.0 Å². The van der Waals surface area contributed by atoms with E-state index >= 15 is 0 Å². The topological polar surface area (TPSA) is 171 Å². The number of ether oxygens (including phenoxy) is 4. The Morgan fingerprint density at radius 1 is 0.914 bits per heavy atom. The van der Waals surface area contributed by atoms with E-state index in [0.717, 1.165) is 16.5 Å². The maximum absolute atomic E-state index is 14.8. The third-order valence-electron chi connectivity index (χ3n) is 9.09. The monoisotopic (exact) mass is 828 g/mol. The summed E-state index contributed by atoms with van der Waals surface area (Å²) < 4.78 is 22.5. The minimum absolute atomic E-state index is 0.00648. The Balaban J connectivity index is 1.63. The van der Waals surface area contributed by atoms with Gasteiger partial charge in [-0.25, -0.2) is 19.4 Å². The smallest absolute Gasteiger partial charge is 0.407 e. The first kappa shape index (κ1) is 43.6. The van der Waals surface area contributed by atoms with Crippen LogP contribution in [-0.4, -0.2) is 75.4 Å². The van der Waals surface area contributed by atoms with Gasteiger partial charge in [-0.3, -0.25) is 9.59 Å². The number of aromatic nitrogens is 1. The molecule has 0 radical (unpaired) electrons. The Kier molecular flexibility index (Phi) is 13.8. The van der Waals surface area contributed by atoms with Crippen molar-refractivity contribution < 1.29 is 42.9 Å². The van der Waals surface area contributed by atoms with Crippen molar-refractivity contribution in [3.05, 3.63) is 87.0 Å². The van der Waals surface area contributed by atoms with Crippen LogP contribution in [0.25, 0.3) is 21.6 Å². The van der Waals surface area contributed by atoms with Gasteiger partial charge in [0.25, 0.3) is 11.8 Å². The highest BCUT2D eigenvalue weighted by molar-refractivity contribution is 7.13. The second-order valence-corrected chi connectivity index (χ2v) is 22.7. The number of pyridine rings is 1. The van der Waals surface area contributed by atoms with Gasteiger partial charge >= 0.3 is 18.0 Å². The third kappa shape index (κ3) is 10.9. The van der Waals surface area contributed by atoms with Gasteiger partial charge in [-0.1, -0.05) is 32.6 Å². The molecule has 1 aliphatic heterocycles. The summed E-state index contributed by atoms with van der Waals surface area (Å²) in [6.07, 6.45) is 0.736. The molecule has 308 valence electrons. The van der Waals surface area contributed by atoms with Crippen LogP contribution in [0.3, 0.4) is 0 Å². The summed E-state index contributed by atoms with van der Waals surface area (Å²) in [5.74, 6) is -2.00. The Labute approximate surface area is 344 Å². The average molecular weight is 829 g/mol. The molecule has 2 aromatic heterocycles. The number of fused-ring (bicyclic) bond motifs is 3. The second-order valence-electron chi connectivity index (χ2n) is 16.2. The average Bonchev–Trinajstić information content (AvgIpc) is 3.56. The number of rotatable bonds is 13. The molecule has 1 aliphatic rings. The molecule has 0 bridgehead atoms. The predicted molar refractivity (Wildman–Crippen MR) is 227 cm³/mol. The number of aryl methyl sites for hydroxylation is 1. The number of thiophene rings is 1. The molecule has 58 heavy (non-hydrogen) atoms. The first-order valence-electron chi connectivity index (χ1n) is 19.2. The zero-order valence-corrected chi connectivity index (χ0v) is 36.4. The van der Waals surface area contributed by atoms with Gasteiger partial charge in [-0.15, -0.1) is 11.3 Å². The summed E-state index contributed by atoms with van der Waals surface area (Å²) in [6.45, 7) is 16.5. The largest absolute Gasteiger partial charge is 0.493 e. The molecule has 3 heterocycles. The number of esters is 2. The summed E-state index contributed by atoms with van der Waals surface area (Å²) in [6, 6.07) is 12.6. The fraction of sp³-hybridized carbons (Fsp3) is 0.395. The molecule has 0 saturated heterocycles. The van der Waals surface area contributed by atoms with Gasteiger partial charge in [0.15, 0.2) is 5.69 Å². The van der Waals surface area contributed by atoms with Crippen LogP contribution in [0.5, 0.6) is 5.75 Å². The number of amides is 3. The number of carbonyl (C=O) groups excluding carboxylic acids is 5. The molecule has 13 nitrogen and oxygen atoms in total. The molecule has 15 heteroatoms. The lowest BCUT2D eigenvalue weighted by Crippen LogP contribution is -2.32. The Morgan fingerprint density at radius 2 is 1.67 bits per heavy atom. The molecule has 0 saturated carbocycles. The van der Waals surface area contributed by atoms with Crippen LogP contribution in [-0.2, 0) is 27.2 Å². The van der Waals surface area contributed by atoms with Crippen molar-refractivity contribution in [3.63, 3.8) is 0 Å². The van der Waals surface area contributed by atoms with Gasteiger partial charge in [0, 0.05) is 54.7 Å². The highest BCUT2D eigenvalue weighted by atomic mass is 32.1. The van der Waals surface area contributed by atoms with E-state index in [4.69, 9.17) is 18.9 Å². The second kappa shape index (κ2) is 18.4. The summed E-state index contributed by atoms with van der Waals surface area (Å²) in [5, 5.41) is 10.5. The lowest BCUT2D eigenvalue weighted by atomic mass is 9.93. The lowest BCUT2D eigenvalue weighted by molar-refractivity contribution is 0.0517. The van der Waals surface area contributed by atoms with Crippen LogP contribution in [0, 0.1) is 6.92 Å². The Bertz CT molecular complexity index is 2220. The van der Waals surface area contributed by atoms with Gasteiger partial charge in [-0.05, 0) is 98.6 Å². The van der Waals surface area contributed by atoms with Crippen LogP contribution in [0.15, 0.2) is 47.8 Å². The number of benzene rings is 2. The first-order valence-corrected chi connectivity index (χ1v) is 23.8. The number of hydrogen-bond donors (Lipinski definition) is 3. The molecule has 5 rings (SSSR count). The number of carbonyl (C=O) groups is 5. The van der Waals surface area contributed by atoms with Crippen molar-refractivity contribution in [1.29, 1.82) is 0 Å². The van der Waals surface area contributed by atoms with Crippen LogP contribution in [0.2, 0.25) is 25.7 Å². The molecule has 3 N–H and O–H groups in total. The van der Waals surface area contributed by atoms with Crippen molar-refractivity contribution in [2.45, 2.75) is 85.3 Å². The van der Waals surface area contributed by atoms with Crippen molar-refractivity contribution in [1.82, 2.24) is 15.6 Å². The van der Waals surface area contributed by atoms with Crippen molar-refractivity contribution in [3.8, 4) is 27.3 Å². The molecule has 0 fully saturated rings. The maximum Gasteiger partial charge on any atom is 0.407 e. The predicted octanol–water partition coefficient (Wildman–Crippen LogP) is 8.42. The number of anilines is 1. The lowest BCUT2D eigenvalue weighted by Gasteiger charge is -2.21. The first-order chi connectivity index (χ1) is 27.4. The molecule has 0 atom stereocenters. The van der Waals surface area contributed by atoms with Gasteiger partial charge < -0.3 is 34.9 Å². The highest BCUT2D eigenvalue weighted by Crippen LogP contribution is 2.43. The van der Waals surface area contributed by atoms with E-state index in [1.165, 1.54) is 24.5 Å². The maximum atomic E-state index is 14.8. The normalized spacial score (nSPS) is 12.2. The Morgan fingerprint density at radius 3 is 2.36 bits per heavy atom. The molecule has 0 unspecified atom stereocenters. The molecule has 4 aromatic rings. The van der Waals surface area contributed by atoms with Crippen molar-refractivity contribution in [2.75, 3.05) is 32.2 Å². The van der Waals surface area contributed by atoms with Crippen molar-refractivity contribution in [2.24, 2.45) is 0 Å². The molecule has 0 spiro atoms. The van der Waals surface area contributed by atoms with E-state index in [2.05, 4.69) is 40.6 Å². The van der Waals surface area contributed by atoms with Crippen LogP contribution in [0.4, 0.5) is 10.5 Å². The van der Waals surface area contributed by atoms with Crippen LogP contribution in [0.1, 0.15) is 92.5 Å².